The van der Waals surface area contributed by atoms with Crippen LogP contribution in [-0.4, -0.2) is 32.4 Å². The van der Waals surface area contributed by atoms with Gasteiger partial charge in [0.15, 0.2) is 0 Å². The van der Waals surface area contributed by atoms with E-state index in [1.165, 1.54) is 31.5 Å². The van der Waals surface area contributed by atoms with Crippen molar-refractivity contribution in [3.05, 3.63) is 71.9 Å². The fourth-order valence-electron chi connectivity index (χ4n) is 3.08. The van der Waals surface area contributed by atoms with Crippen LogP contribution in [0.25, 0.3) is 11.1 Å². The third-order valence-electron chi connectivity index (χ3n) is 4.79. The molecule has 2 aromatic carbocycles. The Bertz CT molecular complexity index is 1310. The molecule has 0 fully saturated rings. The normalized spacial score (nSPS) is 12.3. The van der Waals surface area contributed by atoms with E-state index in [-0.39, 0.29) is 18.2 Å². The summed E-state index contributed by atoms with van der Waals surface area (Å²) in [7, 11) is -3.14. The highest BCUT2D eigenvalue weighted by Crippen LogP contribution is 2.32. The van der Waals surface area contributed by atoms with Crippen LogP contribution in [-0.2, 0) is 22.8 Å². The molecule has 0 amide bonds. The maximum atomic E-state index is 12.9. The number of nitrogens with zero attached hydrogens (tertiary/aromatic N) is 1. The Morgan fingerprint density at radius 1 is 0.944 bits per heavy atom. The van der Waals surface area contributed by atoms with Crippen molar-refractivity contribution in [2.24, 2.45) is 0 Å². The quantitative estimate of drug-likeness (QED) is 0.338. The van der Waals surface area contributed by atoms with E-state index >= 15 is 0 Å². The van der Waals surface area contributed by atoms with Gasteiger partial charge < -0.3 is 9.47 Å². The molecule has 194 valence electrons. The van der Waals surface area contributed by atoms with Crippen molar-refractivity contribution in [2.75, 3.05) is 17.6 Å². The monoisotopic (exact) mass is 534 g/mol. The number of alkyl halides is 6. The predicted molar refractivity (Wildman–Crippen MR) is 120 cm³/mol. The van der Waals surface area contributed by atoms with Gasteiger partial charge in [-0.1, -0.05) is 24.3 Å². The van der Waals surface area contributed by atoms with E-state index in [4.69, 9.17) is 9.47 Å². The summed E-state index contributed by atoms with van der Waals surface area (Å²) in [5.74, 6) is -1.01. The first-order valence-electron chi connectivity index (χ1n) is 10.3. The summed E-state index contributed by atoms with van der Waals surface area (Å²) in [5.41, 5.74) is 0.229. The van der Waals surface area contributed by atoms with Gasteiger partial charge in [-0.3, -0.25) is 4.72 Å². The lowest BCUT2D eigenvalue weighted by atomic mass is 10.1. The van der Waals surface area contributed by atoms with Gasteiger partial charge in [0, 0.05) is 11.8 Å². The van der Waals surface area contributed by atoms with E-state index in [0.29, 0.717) is 22.4 Å². The molecular formula is C23H20F6N2O4S. The van der Waals surface area contributed by atoms with E-state index in [9.17, 15) is 34.8 Å². The lowest BCUT2D eigenvalue weighted by molar-refractivity contribution is -0.137. The number of benzene rings is 2. The van der Waals surface area contributed by atoms with Crippen LogP contribution in [0.15, 0.2) is 60.8 Å². The van der Waals surface area contributed by atoms with E-state index < -0.39 is 40.1 Å². The number of methoxy groups -OCH3 is 1. The molecule has 6 nitrogen and oxygen atoms in total. The number of aromatic nitrogens is 1. The van der Waals surface area contributed by atoms with E-state index in [1.54, 1.807) is 24.3 Å². The van der Waals surface area contributed by atoms with Crippen molar-refractivity contribution in [1.82, 2.24) is 4.98 Å². The highest BCUT2D eigenvalue weighted by atomic mass is 32.2. The molecule has 0 aliphatic rings. The molecule has 3 rings (SSSR count). The maximum absolute atomic E-state index is 12.9. The van der Waals surface area contributed by atoms with Crippen LogP contribution in [0.2, 0.25) is 0 Å². The Kier molecular flexibility index (Phi) is 8.02. The van der Waals surface area contributed by atoms with Gasteiger partial charge >= 0.3 is 12.4 Å². The Balaban J connectivity index is 1.79. The number of pyridine rings is 1. The summed E-state index contributed by atoms with van der Waals surface area (Å²) in [6.45, 7) is -0.140. The van der Waals surface area contributed by atoms with Crippen LogP contribution in [0.3, 0.4) is 0 Å². The number of nitrogens with one attached hydrogen (secondary N) is 1. The second kappa shape index (κ2) is 10.6. The zero-order valence-electron chi connectivity index (χ0n) is 18.7. The molecule has 0 atom stereocenters. The second-order valence-electron chi connectivity index (χ2n) is 7.58. The topological polar surface area (TPSA) is 77.5 Å². The average molecular weight is 534 g/mol. The van der Waals surface area contributed by atoms with Crippen LogP contribution < -0.4 is 14.2 Å². The molecule has 0 saturated carbocycles. The zero-order valence-corrected chi connectivity index (χ0v) is 19.5. The number of halogens is 6. The molecule has 1 heterocycles. The average Bonchev–Trinajstić information content (AvgIpc) is 2.81. The number of rotatable bonds is 9. The molecule has 0 unspecified atom stereocenters. The van der Waals surface area contributed by atoms with Crippen molar-refractivity contribution < 1.29 is 44.2 Å². The number of hydrogen-bond acceptors (Lipinski definition) is 5. The van der Waals surface area contributed by atoms with E-state index in [2.05, 4.69) is 9.71 Å². The fraction of sp³-hybridized carbons (Fsp3) is 0.261. The minimum Gasteiger partial charge on any atom is -0.489 e. The minimum absolute atomic E-state index is 0.140. The molecule has 0 aliphatic carbocycles. The van der Waals surface area contributed by atoms with Crippen molar-refractivity contribution in [1.29, 1.82) is 0 Å². The van der Waals surface area contributed by atoms with Crippen LogP contribution in [0, 0.1) is 0 Å². The van der Waals surface area contributed by atoms with Gasteiger partial charge in [0.2, 0.25) is 15.9 Å². The Morgan fingerprint density at radius 2 is 1.67 bits per heavy atom. The van der Waals surface area contributed by atoms with Crippen molar-refractivity contribution in [3.8, 4) is 22.8 Å². The molecule has 0 bridgehead atoms. The van der Waals surface area contributed by atoms with Crippen LogP contribution in [0.5, 0.6) is 11.6 Å². The van der Waals surface area contributed by atoms with E-state index in [0.717, 1.165) is 12.1 Å². The van der Waals surface area contributed by atoms with Crippen molar-refractivity contribution in [2.45, 2.75) is 25.4 Å². The maximum Gasteiger partial charge on any atom is 0.416 e. The zero-order chi connectivity index (χ0) is 26.6. The molecule has 0 aliphatic heterocycles. The van der Waals surface area contributed by atoms with Gasteiger partial charge in [-0.2, -0.15) is 26.3 Å². The predicted octanol–water partition coefficient (Wildman–Crippen LogP) is 6.05. The summed E-state index contributed by atoms with van der Waals surface area (Å²) in [5, 5.41) is 0. The van der Waals surface area contributed by atoms with Gasteiger partial charge in [-0.25, -0.2) is 13.4 Å². The van der Waals surface area contributed by atoms with Crippen LogP contribution in [0.1, 0.15) is 17.5 Å². The van der Waals surface area contributed by atoms with Crippen molar-refractivity contribution in [3.63, 3.8) is 0 Å². The molecule has 0 saturated heterocycles. The van der Waals surface area contributed by atoms with Crippen LogP contribution in [0.4, 0.5) is 32.0 Å². The summed E-state index contributed by atoms with van der Waals surface area (Å²) in [4.78, 5) is 4.00. The highest BCUT2D eigenvalue weighted by molar-refractivity contribution is 7.92. The molecule has 3 aromatic rings. The molecular weight excluding hydrogens is 514 g/mol. The summed E-state index contributed by atoms with van der Waals surface area (Å²) >= 11 is 0. The number of ether oxygens (including phenoxy) is 2. The largest absolute Gasteiger partial charge is 0.489 e. The Morgan fingerprint density at radius 3 is 2.33 bits per heavy atom. The second-order valence-corrected chi connectivity index (χ2v) is 9.42. The molecule has 13 heteroatoms. The SMILES string of the molecule is COc1ncc(-c2cccc(OCc3cccc(C(F)(F)F)c3)c2)cc1NS(=O)(=O)CCC(F)(F)F. The number of hydrogen-bond donors (Lipinski definition) is 1. The lowest BCUT2D eigenvalue weighted by Gasteiger charge is -2.14. The van der Waals surface area contributed by atoms with Gasteiger partial charge in [0.25, 0.3) is 0 Å². The number of sulfonamides is 1. The van der Waals surface area contributed by atoms with Crippen LogP contribution >= 0.6 is 0 Å². The molecule has 1 N–H and O–H groups in total. The van der Waals surface area contributed by atoms with E-state index in [1.807, 2.05) is 0 Å². The Hall–Kier alpha value is -3.48. The first kappa shape index (κ1) is 27.1. The molecule has 0 spiro atoms. The lowest BCUT2D eigenvalue weighted by Crippen LogP contribution is -2.22. The number of anilines is 1. The van der Waals surface area contributed by atoms with Gasteiger partial charge in [0.1, 0.15) is 18.0 Å². The third kappa shape index (κ3) is 7.77. The van der Waals surface area contributed by atoms with Crippen molar-refractivity contribution >= 4 is 15.7 Å². The van der Waals surface area contributed by atoms with Gasteiger partial charge in [-0.05, 0) is 41.5 Å². The third-order valence-corrected chi connectivity index (χ3v) is 6.06. The Labute approximate surface area is 202 Å². The van der Waals surface area contributed by atoms with Gasteiger partial charge in [-0.15, -0.1) is 0 Å². The first-order valence-corrected chi connectivity index (χ1v) is 11.9. The molecule has 36 heavy (non-hydrogen) atoms. The summed E-state index contributed by atoms with van der Waals surface area (Å²) < 4.78 is 113. The highest BCUT2D eigenvalue weighted by Gasteiger charge is 2.31. The molecule has 0 radical (unpaired) electrons. The minimum atomic E-state index is -4.65. The summed E-state index contributed by atoms with van der Waals surface area (Å²) in [6.07, 6.45) is -9.29. The summed E-state index contributed by atoms with van der Waals surface area (Å²) in [6, 6.07) is 12.4. The van der Waals surface area contributed by atoms with Gasteiger partial charge in [0.05, 0.1) is 24.8 Å². The standard InChI is InChI=1S/C23H20F6N2O4S/c1-34-21-20(31-36(32,33)9-8-22(24,25)26)12-17(13-30-21)16-5-3-7-19(11-16)35-14-15-4-2-6-18(10-15)23(27,28)29/h2-7,10-13,31H,8-9,14H2,1H3. The molecule has 1 aromatic heterocycles. The fourth-order valence-corrected chi connectivity index (χ4v) is 4.17. The smallest absolute Gasteiger partial charge is 0.416 e. The first-order chi connectivity index (χ1) is 16.8.